The highest BCUT2D eigenvalue weighted by molar-refractivity contribution is 7.63. The van der Waals surface area contributed by atoms with Crippen LogP contribution >= 0.6 is 7.14 Å². The Morgan fingerprint density at radius 1 is 0.871 bits per heavy atom. The lowest BCUT2D eigenvalue weighted by molar-refractivity contribution is 0.521. The molecule has 0 saturated heterocycles. The first-order valence-corrected chi connectivity index (χ1v) is 14.1. The summed E-state index contributed by atoms with van der Waals surface area (Å²) in [6, 6.07) is 23.8. The lowest BCUT2D eigenvalue weighted by Gasteiger charge is -2.27. The van der Waals surface area contributed by atoms with Crippen molar-refractivity contribution in [1.29, 1.82) is 0 Å². The molecule has 0 N–H and O–H groups in total. The summed E-state index contributed by atoms with van der Waals surface area (Å²) in [6.45, 7) is 4.52. The van der Waals surface area contributed by atoms with E-state index in [1.807, 2.05) is 0 Å². The van der Waals surface area contributed by atoms with E-state index in [1.54, 1.807) is 0 Å². The SMILES string of the molecule is Cc1cc2c(n1C(C)CP(=O)(CCc1ccccc1)CCc1ccccc1)CCCC2. The smallest absolute Gasteiger partial charge is 0.0904 e. The molecule has 164 valence electrons. The normalized spacial score (nSPS) is 14.9. The lowest BCUT2D eigenvalue weighted by Crippen LogP contribution is -2.18. The van der Waals surface area contributed by atoms with Gasteiger partial charge in [0.1, 0.15) is 0 Å². The van der Waals surface area contributed by atoms with Crippen LogP contribution in [0.4, 0.5) is 0 Å². The van der Waals surface area contributed by atoms with Gasteiger partial charge in [0.2, 0.25) is 0 Å². The Balaban J connectivity index is 1.53. The van der Waals surface area contributed by atoms with Gasteiger partial charge in [-0.3, -0.25) is 0 Å². The van der Waals surface area contributed by atoms with Gasteiger partial charge in [-0.15, -0.1) is 0 Å². The van der Waals surface area contributed by atoms with Crippen LogP contribution in [0.25, 0.3) is 0 Å². The molecule has 1 atom stereocenters. The van der Waals surface area contributed by atoms with Crippen LogP contribution in [0.15, 0.2) is 66.7 Å². The minimum atomic E-state index is -2.32. The number of fused-ring (bicyclic) bond motifs is 1. The first-order chi connectivity index (χ1) is 15.0. The number of aromatic nitrogens is 1. The van der Waals surface area contributed by atoms with Crippen LogP contribution in [0.2, 0.25) is 0 Å². The van der Waals surface area contributed by atoms with E-state index in [0.717, 1.165) is 31.3 Å². The largest absolute Gasteiger partial charge is 0.345 e. The molecule has 0 fully saturated rings. The average molecular weight is 434 g/mol. The molecule has 0 spiro atoms. The summed E-state index contributed by atoms with van der Waals surface area (Å²) < 4.78 is 16.9. The fourth-order valence-corrected chi connectivity index (χ4v) is 8.35. The molecule has 2 aromatic carbocycles. The molecule has 1 aliphatic rings. The molecule has 4 rings (SSSR count). The number of hydrogen-bond donors (Lipinski definition) is 0. The van der Waals surface area contributed by atoms with Gasteiger partial charge in [-0.05, 0) is 75.1 Å². The number of aryl methyl sites for hydroxylation is 4. The molecule has 0 amide bonds. The van der Waals surface area contributed by atoms with Crippen LogP contribution in [-0.4, -0.2) is 23.1 Å². The third-order valence-electron chi connectivity index (χ3n) is 6.87. The van der Waals surface area contributed by atoms with Gasteiger partial charge in [-0.2, -0.15) is 0 Å². The molecule has 0 saturated carbocycles. The predicted molar refractivity (Wildman–Crippen MR) is 133 cm³/mol. The van der Waals surface area contributed by atoms with Crippen molar-refractivity contribution in [3.05, 3.63) is 94.8 Å². The van der Waals surface area contributed by atoms with E-state index in [4.69, 9.17) is 0 Å². The molecule has 0 bridgehead atoms. The number of rotatable bonds is 9. The van der Waals surface area contributed by atoms with Gasteiger partial charge in [0, 0.05) is 35.9 Å². The second kappa shape index (κ2) is 10.0. The highest BCUT2D eigenvalue weighted by Crippen LogP contribution is 2.49. The maximum absolute atomic E-state index is 14.3. The predicted octanol–water partition coefficient (Wildman–Crippen LogP) is 7.08. The van der Waals surface area contributed by atoms with Crippen molar-refractivity contribution in [1.82, 2.24) is 4.57 Å². The van der Waals surface area contributed by atoms with Crippen LogP contribution in [0, 0.1) is 6.92 Å². The van der Waals surface area contributed by atoms with Crippen LogP contribution < -0.4 is 0 Å². The molecule has 31 heavy (non-hydrogen) atoms. The molecule has 3 heteroatoms. The van der Waals surface area contributed by atoms with Gasteiger partial charge < -0.3 is 9.13 Å². The topological polar surface area (TPSA) is 22.0 Å². The van der Waals surface area contributed by atoms with Crippen molar-refractivity contribution in [2.24, 2.45) is 0 Å². The van der Waals surface area contributed by atoms with Crippen molar-refractivity contribution in [3.8, 4) is 0 Å². The summed E-state index contributed by atoms with van der Waals surface area (Å²) in [5.41, 5.74) is 6.97. The standard InChI is InChI=1S/C28H36NOP/c1-23-21-27-15-9-10-16-28(27)29(23)24(2)22-31(30,19-17-25-11-5-3-6-12-25)20-18-26-13-7-4-8-14-26/h3-8,11-14,21,24H,9-10,15-20,22H2,1-2H3. The van der Waals surface area contributed by atoms with Crippen molar-refractivity contribution in [2.75, 3.05) is 18.5 Å². The van der Waals surface area contributed by atoms with Gasteiger partial charge in [0.05, 0.1) is 7.14 Å². The first-order valence-electron chi connectivity index (χ1n) is 11.9. The molecule has 1 aromatic heterocycles. The van der Waals surface area contributed by atoms with Crippen molar-refractivity contribution < 1.29 is 4.57 Å². The number of hydrogen-bond acceptors (Lipinski definition) is 1. The Morgan fingerprint density at radius 3 is 2.00 bits per heavy atom. The van der Waals surface area contributed by atoms with Crippen LogP contribution in [0.3, 0.4) is 0 Å². The molecule has 3 aromatic rings. The van der Waals surface area contributed by atoms with E-state index < -0.39 is 7.14 Å². The van der Waals surface area contributed by atoms with E-state index in [2.05, 4.69) is 85.1 Å². The Hall–Kier alpha value is -2.05. The fraction of sp³-hybridized carbons (Fsp3) is 0.429. The number of nitrogens with zero attached hydrogens (tertiary/aromatic N) is 1. The highest BCUT2D eigenvalue weighted by atomic mass is 31.2. The lowest BCUT2D eigenvalue weighted by atomic mass is 9.98. The van der Waals surface area contributed by atoms with Gasteiger partial charge >= 0.3 is 0 Å². The van der Waals surface area contributed by atoms with E-state index in [0.29, 0.717) is 6.04 Å². The van der Waals surface area contributed by atoms with E-state index in [-0.39, 0.29) is 0 Å². The van der Waals surface area contributed by atoms with Crippen molar-refractivity contribution >= 4 is 7.14 Å². The zero-order chi connectivity index (χ0) is 21.7. The summed E-state index contributed by atoms with van der Waals surface area (Å²) in [5.74, 6) is 0. The molecule has 2 nitrogen and oxygen atoms in total. The van der Waals surface area contributed by atoms with Gasteiger partial charge in [0.15, 0.2) is 0 Å². The van der Waals surface area contributed by atoms with E-state index >= 15 is 0 Å². The molecule has 1 aliphatic carbocycles. The minimum Gasteiger partial charge on any atom is -0.345 e. The summed E-state index contributed by atoms with van der Waals surface area (Å²) >= 11 is 0. The zero-order valence-corrected chi connectivity index (χ0v) is 20.0. The second-order valence-corrected chi connectivity index (χ2v) is 12.7. The Morgan fingerprint density at radius 2 is 1.42 bits per heavy atom. The zero-order valence-electron chi connectivity index (χ0n) is 19.1. The summed E-state index contributed by atoms with van der Waals surface area (Å²) in [7, 11) is -2.32. The summed E-state index contributed by atoms with van der Waals surface area (Å²) in [5, 5.41) is 0. The maximum Gasteiger partial charge on any atom is 0.0904 e. The first kappa shape index (κ1) is 22.2. The third kappa shape index (κ3) is 5.60. The third-order valence-corrected chi connectivity index (χ3v) is 10.1. The van der Waals surface area contributed by atoms with Gasteiger partial charge in [-0.1, -0.05) is 60.7 Å². The molecule has 0 radical (unpaired) electrons. The second-order valence-electron chi connectivity index (χ2n) is 9.34. The van der Waals surface area contributed by atoms with Crippen molar-refractivity contribution in [2.45, 2.75) is 58.4 Å². The van der Waals surface area contributed by atoms with Gasteiger partial charge in [-0.25, -0.2) is 0 Å². The molecular weight excluding hydrogens is 397 g/mol. The molecule has 1 heterocycles. The Bertz CT molecular complexity index is 974. The summed E-state index contributed by atoms with van der Waals surface area (Å²) in [6.07, 6.45) is 9.18. The van der Waals surface area contributed by atoms with Crippen LogP contribution in [0.5, 0.6) is 0 Å². The van der Waals surface area contributed by atoms with E-state index in [1.165, 1.54) is 53.8 Å². The molecular formula is C28H36NOP. The highest BCUT2D eigenvalue weighted by Gasteiger charge is 2.28. The minimum absolute atomic E-state index is 0.291. The molecule has 1 unspecified atom stereocenters. The van der Waals surface area contributed by atoms with Crippen LogP contribution in [-0.2, 0) is 30.2 Å². The van der Waals surface area contributed by atoms with Crippen molar-refractivity contribution in [3.63, 3.8) is 0 Å². The van der Waals surface area contributed by atoms with E-state index in [9.17, 15) is 4.57 Å². The maximum atomic E-state index is 14.3. The molecule has 0 aliphatic heterocycles. The average Bonchev–Trinajstić information content (AvgIpc) is 3.14. The van der Waals surface area contributed by atoms with Crippen LogP contribution in [0.1, 0.15) is 53.9 Å². The Labute approximate surface area is 188 Å². The quantitative estimate of drug-likeness (QED) is 0.330. The summed E-state index contributed by atoms with van der Waals surface area (Å²) in [4.78, 5) is 0. The Kier molecular flexibility index (Phi) is 7.18. The monoisotopic (exact) mass is 433 g/mol. The van der Waals surface area contributed by atoms with Gasteiger partial charge in [0.25, 0.3) is 0 Å². The fourth-order valence-electron chi connectivity index (χ4n) is 5.30. The number of benzene rings is 2.